The Morgan fingerprint density at radius 1 is 1.33 bits per heavy atom. The Hall–Kier alpha value is -2.45. The van der Waals surface area contributed by atoms with Crippen molar-refractivity contribution < 1.29 is 14.4 Å². The molecular weight excluding hydrogens is 312 g/mol. The molecule has 0 saturated carbocycles. The van der Waals surface area contributed by atoms with Gasteiger partial charge in [-0.2, -0.15) is 0 Å². The first-order valence-electron chi connectivity index (χ1n) is 8.13. The van der Waals surface area contributed by atoms with E-state index in [1.807, 2.05) is 6.92 Å². The van der Waals surface area contributed by atoms with Crippen molar-refractivity contribution >= 4 is 17.8 Å². The lowest BCUT2D eigenvalue weighted by Crippen LogP contribution is -2.47. The van der Waals surface area contributed by atoms with Crippen LogP contribution in [0.2, 0.25) is 0 Å². The van der Waals surface area contributed by atoms with Gasteiger partial charge in [0.05, 0.1) is 19.1 Å². The smallest absolute Gasteiger partial charge is 0.325 e. The van der Waals surface area contributed by atoms with Crippen molar-refractivity contribution in [3.05, 3.63) is 11.6 Å². The average Bonchev–Trinajstić information content (AvgIpc) is 3.04. The topological polar surface area (TPSA) is 100 Å². The van der Waals surface area contributed by atoms with Gasteiger partial charge in [-0.25, -0.2) is 4.79 Å². The predicted molar refractivity (Wildman–Crippen MR) is 83.8 cm³/mol. The summed E-state index contributed by atoms with van der Waals surface area (Å²) in [6.45, 7) is 6.78. The highest BCUT2D eigenvalue weighted by Crippen LogP contribution is 2.27. The third kappa shape index (κ3) is 2.98. The minimum Gasteiger partial charge on any atom is -0.332 e. The Bertz CT molecular complexity index is 667. The number of aromatic nitrogens is 3. The number of hydrogen-bond acceptors (Lipinski definition) is 5. The molecule has 1 fully saturated rings. The lowest BCUT2D eigenvalue weighted by atomic mass is 10.0. The van der Waals surface area contributed by atoms with Crippen LogP contribution in [-0.4, -0.2) is 62.0 Å². The van der Waals surface area contributed by atoms with Crippen molar-refractivity contribution in [1.82, 2.24) is 29.9 Å². The highest BCUT2D eigenvalue weighted by molar-refractivity contribution is 6.04. The number of hydrogen-bond donors (Lipinski definition) is 1. The molecule has 2 aliphatic heterocycles. The van der Waals surface area contributed by atoms with Crippen molar-refractivity contribution in [3.63, 3.8) is 0 Å². The molecular formula is C15H22N6O3. The van der Waals surface area contributed by atoms with Crippen molar-refractivity contribution in [2.75, 3.05) is 19.6 Å². The van der Waals surface area contributed by atoms with Gasteiger partial charge >= 0.3 is 6.03 Å². The SMILES string of the molecule is Cc1nnc2n1[C@@H](CC(C)C)CN(C(=O)CN1C(=O)CNC1=O)C2. The predicted octanol–water partition coefficient (Wildman–Crippen LogP) is 0.0677. The maximum atomic E-state index is 12.6. The van der Waals surface area contributed by atoms with Crippen LogP contribution < -0.4 is 5.32 Å². The molecule has 0 radical (unpaired) electrons. The Balaban J connectivity index is 1.76. The van der Waals surface area contributed by atoms with Gasteiger partial charge in [-0.1, -0.05) is 13.8 Å². The van der Waals surface area contributed by atoms with Crippen LogP contribution in [-0.2, 0) is 16.1 Å². The molecule has 0 spiro atoms. The maximum absolute atomic E-state index is 12.6. The molecule has 130 valence electrons. The quantitative estimate of drug-likeness (QED) is 0.785. The molecule has 4 amide bonds. The molecule has 24 heavy (non-hydrogen) atoms. The molecule has 0 bridgehead atoms. The monoisotopic (exact) mass is 334 g/mol. The molecule has 1 atom stereocenters. The van der Waals surface area contributed by atoms with Gasteiger partial charge in [-0.05, 0) is 19.3 Å². The van der Waals surface area contributed by atoms with Crippen LogP contribution in [0.3, 0.4) is 0 Å². The van der Waals surface area contributed by atoms with Gasteiger partial charge in [0, 0.05) is 6.54 Å². The van der Waals surface area contributed by atoms with E-state index in [2.05, 4.69) is 33.9 Å². The number of carbonyl (C=O) groups is 3. The summed E-state index contributed by atoms with van der Waals surface area (Å²) >= 11 is 0. The van der Waals surface area contributed by atoms with Gasteiger partial charge in [-0.15, -0.1) is 10.2 Å². The normalized spacial score (nSPS) is 20.6. The molecule has 1 N–H and O–H groups in total. The van der Waals surface area contributed by atoms with Crippen LogP contribution in [0.25, 0.3) is 0 Å². The van der Waals surface area contributed by atoms with Gasteiger partial charge in [0.25, 0.3) is 5.91 Å². The third-order valence-electron chi connectivity index (χ3n) is 4.39. The summed E-state index contributed by atoms with van der Waals surface area (Å²) in [4.78, 5) is 38.5. The molecule has 3 rings (SSSR count). The number of amides is 4. The van der Waals surface area contributed by atoms with Crippen LogP contribution >= 0.6 is 0 Å². The molecule has 3 heterocycles. The average molecular weight is 334 g/mol. The molecule has 0 aliphatic carbocycles. The zero-order valence-corrected chi connectivity index (χ0v) is 14.2. The highest BCUT2D eigenvalue weighted by atomic mass is 16.2. The van der Waals surface area contributed by atoms with Gasteiger partial charge in [-0.3, -0.25) is 14.5 Å². The van der Waals surface area contributed by atoms with E-state index >= 15 is 0 Å². The number of rotatable bonds is 4. The Morgan fingerprint density at radius 3 is 2.71 bits per heavy atom. The fourth-order valence-corrected chi connectivity index (χ4v) is 3.33. The lowest BCUT2D eigenvalue weighted by molar-refractivity contribution is -0.138. The summed E-state index contributed by atoms with van der Waals surface area (Å²) in [6.07, 6.45) is 0.902. The molecule has 1 saturated heterocycles. The van der Waals surface area contributed by atoms with Crippen LogP contribution in [0.5, 0.6) is 0 Å². The standard InChI is InChI=1S/C15H22N6O3/c1-9(2)4-11-6-19(7-12-18-17-10(3)21(11)12)14(23)8-20-13(22)5-16-15(20)24/h9,11H,4-8H2,1-3H3,(H,16,24)/t11-/m0/s1. The summed E-state index contributed by atoms with van der Waals surface area (Å²) < 4.78 is 2.09. The first kappa shape index (κ1) is 16.4. The van der Waals surface area contributed by atoms with Crippen molar-refractivity contribution in [2.24, 2.45) is 5.92 Å². The zero-order valence-electron chi connectivity index (χ0n) is 14.2. The van der Waals surface area contributed by atoms with Crippen LogP contribution in [0.1, 0.15) is 38.0 Å². The second-order valence-electron chi connectivity index (χ2n) is 6.73. The molecule has 0 unspecified atom stereocenters. The van der Waals surface area contributed by atoms with Crippen LogP contribution in [0.4, 0.5) is 4.79 Å². The molecule has 2 aliphatic rings. The third-order valence-corrected chi connectivity index (χ3v) is 4.39. The van der Waals surface area contributed by atoms with E-state index < -0.39 is 6.03 Å². The van der Waals surface area contributed by atoms with Crippen LogP contribution in [0.15, 0.2) is 0 Å². The first-order chi connectivity index (χ1) is 11.4. The number of fused-ring (bicyclic) bond motifs is 1. The van der Waals surface area contributed by atoms with E-state index in [0.29, 0.717) is 19.0 Å². The van der Waals surface area contributed by atoms with Crippen molar-refractivity contribution in [3.8, 4) is 0 Å². The number of carbonyl (C=O) groups excluding carboxylic acids is 3. The Labute approximate surface area is 140 Å². The summed E-state index contributed by atoms with van der Waals surface area (Å²) in [6, 6.07) is -0.404. The first-order valence-corrected chi connectivity index (χ1v) is 8.13. The summed E-state index contributed by atoms with van der Waals surface area (Å²) in [5.41, 5.74) is 0. The maximum Gasteiger partial charge on any atom is 0.325 e. The minimum absolute atomic E-state index is 0.0460. The van der Waals surface area contributed by atoms with E-state index in [1.165, 1.54) is 0 Å². The summed E-state index contributed by atoms with van der Waals surface area (Å²) in [5.74, 6) is 1.43. The number of aryl methyl sites for hydroxylation is 1. The van der Waals surface area contributed by atoms with Gasteiger partial charge in [0.15, 0.2) is 5.82 Å². The summed E-state index contributed by atoms with van der Waals surface area (Å²) in [5, 5.41) is 10.7. The number of nitrogens with zero attached hydrogens (tertiary/aromatic N) is 5. The molecule has 1 aromatic heterocycles. The zero-order chi connectivity index (χ0) is 17.4. The molecule has 1 aromatic rings. The van der Waals surface area contributed by atoms with E-state index in [1.54, 1.807) is 4.90 Å². The molecule has 9 heteroatoms. The molecule has 0 aromatic carbocycles. The largest absolute Gasteiger partial charge is 0.332 e. The fourth-order valence-electron chi connectivity index (χ4n) is 3.33. The highest BCUT2D eigenvalue weighted by Gasteiger charge is 2.35. The van der Waals surface area contributed by atoms with E-state index in [-0.39, 0.29) is 30.9 Å². The number of imide groups is 1. The van der Waals surface area contributed by atoms with Crippen molar-refractivity contribution in [1.29, 1.82) is 0 Å². The number of urea groups is 1. The Kier molecular flexibility index (Phi) is 4.25. The number of nitrogens with one attached hydrogen (secondary N) is 1. The van der Waals surface area contributed by atoms with Gasteiger partial charge in [0.2, 0.25) is 5.91 Å². The minimum atomic E-state index is -0.511. The van der Waals surface area contributed by atoms with E-state index in [9.17, 15) is 14.4 Å². The molecule has 9 nitrogen and oxygen atoms in total. The van der Waals surface area contributed by atoms with Crippen molar-refractivity contribution in [2.45, 2.75) is 39.8 Å². The van der Waals surface area contributed by atoms with E-state index in [4.69, 9.17) is 0 Å². The lowest BCUT2D eigenvalue weighted by Gasteiger charge is -2.35. The van der Waals surface area contributed by atoms with Gasteiger partial charge < -0.3 is 14.8 Å². The second kappa shape index (κ2) is 6.21. The Morgan fingerprint density at radius 2 is 2.08 bits per heavy atom. The van der Waals surface area contributed by atoms with E-state index in [0.717, 1.165) is 23.0 Å². The van der Waals surface area contributed by atoms with Crippen LogP contribution in [0, 0.1) is 12.8 Å². The summed E-state index contributed by atoms with van der Waals surface area (Å²) in [7, 11) is 0. The fraction of sp³-hybridized carbons (Fsp3) is 0.667. The second-order valence-corrected chi connectivity index (χ2v) is 6.73. The van der Waals surface area contributed by atoms with Gasteiger partial charge in [0.1, 0.15) is 12.4 Å².